The highest BCUT2D eigenvalue weighted by molar-refractivity contribution is 5.76. The maximum absolute atomic E-state index is 12.1. The molecule has 0 saturated heterocycles. The summed E-state index contributed by atoms with van der Waals surface area (Å²) in [6.07, 6.45) is 2.90. The van der Waals surface area contributed by atoms with Gasteiger partial charge in [-0.2, -0.15) is 0 Å². The largest absolute Gasteiger partial charge is 0.399 e. The number of carbonyl (C=O) groups excluding carboxylic acids is 1. The summed E-state index contributed by atoms with van der Waals surface area (Å²) in [6.45, 7) is 5.36. The molecular formula is C15H22N2O2. The Kier molecular flexibility index (Phi) is 6.68. The van der Waals surface area contributed by atoms with Crippen molar-refractivity contribution in [3.8, 4) is 0 Å². The fourth-order valence-corrected chi connectivity index (χ4v) is 1.83. The van der Waals surface area contributed by atoms with E-state index in [1.807, 2.05) is 24.3 Å². The van der Waals surface area contributed by atoms with E-state index in [4.69, 9.17) is 10.5 Å². The molecule has 0 unspecified atom stereocenters. The van der Waals surface area contributed by atoms with Gasteiger partial charge in [-0.05, 0) is 24.1 Å². The standard InChI is InChI=1S/C15H22N2O2/c1-3-9-17(10-11-19-2)15(18)8-7-13-5-4-6-14(16)12-13/h3-6,12H,1,7-11,16H2,2H3. The van der Waals surface area contributed by atoms with Crippen LogP contribution in [0.5, 0.6) is 0 Å². The van der Waals surface area contributed by atoms with E-state index in [0.29, 0.717) is 32.5 Å². The third kappa shape index (κ3) is 5.57. The average Bonchev–Trinajstić information content (AvgIpc) is 2.41. The fourth-order valence-electron chi connectivity index (χ4n) is 1.83. The van der Waals surface area contributed by atoms with Crippen LogP contribution >= 0.6 is 0 Å². The summed E-state index contributed by atoms with van der Waals surface area (Å²) in [6, 6.07) is 7.63. The summed E-state index contributed by atoms with van der Waals surface area (Å²) >= 11 is 0. The first-order valence-electron chi connectivity index (χ1n) is 6.39. The Bertz CT molecular complexity index is 418. The Labute approximate surface area is 114 Å². The van der Waals surface area contributed by atoms with Crippen molar-refractivity contribution >= 4 is 11.6 Å². The molecule has 1 aromatic carbocycles. The average molecular weight is 262 g/mol. The minimum absolute atomic E-state index is 0.111. The van der Waals surface area contributed by atoms with E-state index in [1.165, 1.54) is 0 Å². The van der Waals surface area contributed by atoms with Gasteiger partial charge in [0.2, 0.25) is 5.91 Å². The molecule has 0 aliphatic rings. The van der Waals surface area contributed by atoms with Gasteiger partial charge in [0.15, 0.2) is 0 Å². The van der Waals surface area contributed by atoms with Crippen LogP contribution in [0.3, 0.4) is 0 Å². The molecule has 1 rings (SSSR count). The van der Waals surface area contributed by atoms with Gasteiger partial charge in [0, 0.05) is 32.3 Å². The van der Waals surface area contributed by atoms with Gasteiger partial charge >= 0.3 is 0 Å². The van der Waals surface area contributed by atoms with E-state index < -0.39 is 0 Å². The Balaban J connectivity index is 2.49. The van der Waals surface area contributed by atoms with Crippen LogP contribution in [0.15, 0.2) is 36.9 Å². The van der Waals surface area contributed by atoms with Crippen molar-refractivity contribution in [1.82, 2.24) is 4.90 Å². The van der Waals surface area contributed by atoms with Crippen LogP contribution in [-0.2, 0) is 16.0 Å². The molecule has 0 atom stereocenters. The molecule has 1 amide bonds. The number of carbonyl (C=O) groups is 1. The number of ether oxygens (including phenoxy) is 1. The number of nitrogens with two attached hydrogens (primary N) is 1. The Hall–Kier alpha value is -1.81. The third-order valence-electron chi connectivity index (χ3n) is 2.85. The predicted octanol–water partition coefficient (Wildman–Crippen LogP) is 1.86. The zero-order valence-corrected chi connectivity index (χ0v) is 11.5. The van der Waals surface area contributed by atoms with E-state index in [1.54, 1.807) is 18.1 Å². The van der Waals surface area contributed by atoms with Crippen LogP contribution in [0.2, 0.25) is 0 Å². The minimum atomic E-state index is 0.111. The Morgan fingerprint density at radius 2 is 2.32 bits per heavy atom. The molecule has 4 heteroatoms. The lowest BCUT2D eigenvalue weighted by molar-refractivity contribution is -0.131. The molecule has 0 aromatic heterocycles. The Morgan fingerprint density at radius 1 is 1.53 bits per heavy atom. The van der Waals surface area contributed by atoms with E-state index >= 15 is 0 Å². The lowest BCUT2D eigenvalue weighted by Gasteiger charge is -2.20. The monoisotopic (exact) mass is 262 g/mol. The van der Waals surface area contributed by atoms with Crippen LogP contribution in [0.4, 0.5) is 5.69 Å². The first-order valence-corrected chi connectivity index (χ1v) is 6.39. The number of methoxy groups -OCH3 is 1. The number of anilines is 1. The number of nitrogens with zero attached hydrogens (tertiary/aromatic N) is 1. The van der Waals surface area contributed by atoms with Crippen LogP contribution in [0.1, 0.15) is 12.0 Å². The molecule has 1 aromatic rings. The highest BCUT2D eigenvalue weighted by Crippen LogP contribution is 2.09. The first kappa shape index (κ1) is 15.2. The van der Waals surface area contributed by atoms with Gasteiger partial charge in [0.05, 0.1) is 6.61 Å². The predicted molar refractivity (Wildman–Crippen MR) is 77.8 cm³/mol. The fraction of sp³-hybridized carbons (Fsp3) is 0.400. The van der Waals surface area contributed by atoms with E-state index in [0.717, 1.165) is 11.3 Å². The first-order chi connectivity index (χ1) is 9.17. The molecule has 0 aliphatic heterocycles. The normalized spacial score (nSPS) is 10.2. The van der Waals surface area contributed by atoms with Crippen molar-refractivity contribution < 1.29 is 9.53 Å². The molecule has 104 valence electrons. The molecule has 0 fully saturated rings. The maximum atomic E-state index is 12.1. The second kappa shape index (κ2) is 8.32. The van der Waals surface area contributed by atoms with Gasteiger partial charge in [0.25, 0.3) is 0 Å². The number of benzene rings is 1. The molecule has 0 heterocycles. The van der Waals surface area contributed by atoms with Gasteiger partial charge < -0.3 is 15.4 Å². The van der Waals surface area contributed by atoms with Crippen molar-refractivity contribution in [3.63, 3.8) is 0 Å². The van der Waals surface area contributed by atoms with E-state index in [2.05, 4.69) is 6.58 Å². The summed E-state index contributed by atoms with van der Waals surface area (Å²) in [5, 5.41) is 0. The topological polar surface area (TPSA) is 55.6 Å². The molecule has 0 aliphatic carbocycles. The molecule has 0 saturated carbocycles. The molecule has 2 N–H and O–H groups in total. The maximum Gasteiger partial charge on any atom is 0.223 e. The molecular weight excluding hydrogens is 240 g/mol. The van der Waals surface area contributed by atoms with E-state index in [-0.39, 0.29) is 5.91 Å². The summed E-state index contributed by atoms with van der Waals surface area (Å²) in [7, 11) is 1.63. The third-order valence-corrected chi connectivity index (χ3v) is 2.85. The van der Waals surface area contributed by atoms with Crippen molar-refractivity contribution in [2.45, 2.75) is 12.8 Å². The highest BCUT2D eigenvalue weighted by atomic mass is 16.5. The SMILES string of the molecule is C=CCN(CCOC)C(=O)CCc1cccc(N)c1. The highest BCUT2D eigenvalue weighted by Gasteiger charge is 2.11. The van der Waals surface area contributed by atoms with Crippen molar-refractivity contribution in [2.75, 3.05) is 32.5 Å². The van der Waals surface area contributed by atoms with Gasteiger partial charge in [-0.25, -0.2) is 0 Å². The zero-order valence-electron chi connectivity index (χ0n) is 11.5. The number of aryl methyl sites for hydroxylation is 1. The van der Waals surface area contributed by atoms with Gasteiger partial charge in [-0.15, -0.1) is 6.58 Å². The van der Waals surface area contributed by atoms with Crippen LogP contribution < -0.4 is 5.73 Å². The minimum Gasteiger partial charge on any atom is -0.399 e. The number of rotatable bonds is 8. The summed E-state index contributed by atoms with van der Waals surface area (Å²) in [5.41, 5.74) is 7.52. The lowest BCUT2D eigenvalue weighted by Crippen LogP contribution is -2.34. The molecule has 0 spiro atoms. The number of nitrogen functional groups attached to an aromatic ring is 1. The van der Waals surface area contributed by atoms with Crippen molar-refractivity contribution in [1.29, 1.82) is 0 Å². The molecule has 19 heavy (non-hydrogen) atoms. The number of hydrogen-bond acceptors (Lipinski definition) is 3. The van der Waals surface area contributed by atoms with Gasteiger partial charge in [0.1, 0.15) is 0 Å². The number of amides is 1. The van der Waals surface area contributed by atoms with Gasteiger partial charge in [-0.3, -0.25) is 4.79 Å². The quantitative estimate of drug-likeness (QED) is 0.574. The summed E-state index contributed by atoms with van der Waals surface area (Å²) in [5.74, 6) is 0.111. The lowest BCUT2D eigenvalue weighted by atomic mass is 10.1. The molecule has 0 bridgehead atoms. The second-order valence-corrected chi connectivity index (χ2v) is 4.37. The smallest absolute Gasteiger partial charge is 0.223 e. The Morgan fingerprint density at radius 3 is 2.95 bits per heavy atom. The zero-order chi connectivity index (χ0) is 14.1. The molecule has 4 nitrogen and oxygen atoms in total. The molecule has 0 radical (unpaired) electrons. The summed E-state index contributed by atoms with van der Waals surface area (Å²) in [4.78, 5) is 13.8. The number of hydrogen-bond donors (Lipinski definition) is 1. The van der Waals surface area contributed by atoms with E-state index in [9.17, 15) is 4.79 Å². The van der Waals surface area contributed by atoms with Crippen LogP contribution in [0.25, 0.3) is 0 Å². The summed E-state index contributed by atoms with van der Waals surface area (Å²) < 4.78 is 5.00. The van der Waals surface area contributed by atoms with Gasteiger partial charge in [-0.1, -0.05) is 18.2 Å². The second-order valence-electron chi connectivity index (χ2n) is 4.37. The van der Waals surface area contributed by atoms with Crippen molar-refractivity contribution in [2.24, 2.45) is 0 Å². The van der Waals surface area contributed by atoms with Crippen LogP contribution in [-0.4, -0.2) is 37.6 Å². The van der Waals surface area contributed by atoms with Crippen molar-refractivity contribution in [3.05, 3.63) is 42.5 Å². The van der Waals surface area contributed by atoms with Crippen LogP contribution in [0, 0.1) is 0 Å².